The van der Waals surface area contributed by atoms with Gasteiger partial charge in [0.15, 0.2) is 0 Å². The summed E-state index contributed by atoms with van der Waals surface area (Å²) in [5.74, 6) is -0.260. The van der Waals surface area contributed by atoms with Crippen LogP contribution in [-0.4, -0.2) is 58.3 Å². The standard InChI is InChI=1S/C10H22N4O3S/c1-3-14-18(16,17)5-4-11-10(15)9-7-12-8(2)6-13-9/h8-9,12-14H,3-7H2,1-2H3,(H,11,15). The Bertz CT molecular complexity index is 363. The van der Waals surface area contributed by atoms with Gasteiger partial charge in [-0.25, -0.2) is 13.1 Å². The SMILES string of the molecule is CCNS(=O)(=O)CCNC(=O)C1CNC(C)CN1. The normalized spacial score (nSPS) is 24.8. The molecule has 1 rings (SSSR count). The summed E-state index contributed by atoms with van der Waals surface area (Å²) < 4.78 is 25.1. The fourth-order valence-corrected chi connectivity index (χ4v) is 2.65. The zero-order chi connectivity index (χ0) is 13.6. The van der Waals surface area contributed by atoms with Crippen LogP contribution in [0.1, 0.15) is 13.8 Å². The lowest BCUT2D eigenvalue weighted by molar-refractivity contribution is -0.123. The lowest BCUT2D eigenvalue weighted by Crippen LogP contribution is -2.59. The van der Waals surface area contributed by atoms with E-state index in [4.69, 9.17) is 0 Å². The molecule has 1 heterocycles. The van der Waals surface area contributed by atoms with Crippen molar-refractivity contribution in [3.63, 3.8) is 0 Å². The number of hydrogen-bond donors (Lipinski definition) is 4. The molecule has 1 fully saturated rings. The molecule has 1 aliphatic rings. The van der Waals surface area contributed by atoms with E-state index >= 15 is 0 Å². The molecule has 0 radical (unpaired) electrons. The van der Waals surface area contributed by atoms with Crippen LogP contribution < -0.4 is 20.7 Å². The molecular formula is C10H22N4O3S. The summed E-state index contributed by atoms with van der Waals surface area (Å²) >= 11 is 0. The van der Waals surface area contributed by atoms with Crippen LogP contribution in [-0.2, 0) is 14.8 Å². The molecule has 0 aromatic rings. The van der Waals surface area contributed by atoms with Crippen LogP contribution >= 0.6 is 0 Å². The van der Waals surface area contributed by atoms with Gasteiger partial charge in [0.2, 0.25) is 15.9 Å². The molecule has 0 aromatic heterocycles. The number of hydrogen-bond acceptors (Lipinski definition) is 5. The van der Waals surface area contributed by atoms with Gasteiger partial charge in [-0.3, -0.25) is 4.79 Å². The van der Waals surface area contributed by atoms with Crippen molar-refractivity contribution in [2.24, 2.45) is 0 Å². The Labute approximate surface area is 108 Å². The fraction of sp³-hybridized carbons (Fsp3) is 0.900. The molecule has 18 heavy (non-hydrogen) atoms. The minimum Gasteiger partial charge on any atom is -0.354 e. The van der Waals surface area contributed by atoms with Crippen LogP contribution in [0.4, 0.5) is 0 Å². The molecule has 2 atom stereocenters. The van der Waals surface area contributed by atoms with Crippen LogP contribution in [0.2, 0.25) is 0 Å². The van der Waals surface area contributed by atoms with E-state index < -0.39 is 10.0 Å². The number of piperazine rings is 1. The average molecular weight is 278 g/mol. The number of nitrogens with one attached hydrogen (secondary N) is 4. The van der Waals surface area contributed by atoms with Crippen LogP contribution in [0.5, 0.6) is 0 Å². The zero-order valence-electron chi connectivity index (χ0n) is 10.8. The van der Waals surface area contributed by atoms with E-state index in [1.807, 2.05) is 6.92 Å². The zero-order valence-corrected chi connectivity index (χ0v) is 11.6. The highest BCUT2D eigenvalue weighted by Gasteiger charge is 2.23. The van der Waals surface area contributed by atoms with E-state index in [-0.39, 0.29) is 24.2 Å². The Morgan fingerprint density at radius 3 is 2.61 bits per heavy atom. The van der Waals surface area contributed by atoms with Crippen LogP contribution in [0.3, 0.4) is 0 Å². The van der Waals surface area contributed by atoms with Crippen molar-refractivity contribution >= 4 is 15.9 Å². The summed E-state index contributed by atoms with van der Waals surface area (Å²) in [7, 11) is -3.27. The van der Waals surface area contributed by atoms with Crippen molar-refractivity contribution < 1.29 is 13.2 Å². The van der Waals surface area contributed by atoms with Gasteiger partial charge in [0.25, 0.3) is 0 Å². The summed E-state index contributed by atoms with van der Waals surface area (Å²) in [6, 6.07) is 0.0613. The summed E-state index contributed by atoms with van der Waals surface area (Å²) in [6.07, 6.45) is 0. The quantitative estimate of drug-likeness (QED) is 0.450. The maximum Gasteiger partial charge on any atom is 0.238 e. The van der Waals surface area contributed by atoms with Gasteiger partial charge >= 0.3 is 0 Å². The van der Waals surface area contributed by atoms with Crippen molar-refractivity contribution in [1.82, 2.24) is 20.7 Å². The first-order valence-corrected chi connectivity index (χ1v) is 7.81. The van der Waals surface area contributed by atoms with Crippen molar-refractivity contribution in [3.05, 3.63) is 0 Å². The summed E-state index contributed by atoms with van der Waals surface area (Å²) in [6.45, 7) is 5.53. The number of carbonyl (C=O) groups is 1. The molecule has 0 aliphatic carbocycles. The monoisotopic (exact) mass is 278 g/mol. The third-order valence-corrected chi connectivity index (χ3v) is 4.16. The summed E-state index contributed by atoms with van der Waals surface area (Å²) in [4.78, 5) is 11.7. The lowest BCUT2D eigenvalue weighted by Gasteiger charge is -2.28. The van der Waals surface area contributed by atoms with E-state index in [0.717, 1.165) is 6.54 Å². The van der Waals surface area contributed by atoms with Crippen molar-refractivity contribution in [2.45, 2.75) is 25.9 Å². The highest BCUT2D eigenvalue weighted by molar-refractivity contribution is 7.89. The molecule has 1 aliphatic heterocycles. The van der Waals surface area contributed by atoms with E-state index in [9.17, 15) is 13.2 Å². The van der Waals surface area contributed by atoms with Gasteiger partial charge in [-0.2, -0.15) is 0 Å². The molecule has 0 spiro atoms. The predicted molar refractivity (Wildman–Crippen MR) is 69.7 cm³/mol. The molecule has 1 amide bonds. The molecule has 106 valence electrons. The summed E-state index contributed by atoms with van der Waals surface area (Å²) in [5, 5.41) is 8.91. The molecule has 1 saturated heterocycles. The van der Waals surface area contributed by atoms with Crippen LogP contribution in [0.25, 0.3) is 0 Å². The third-order valence-electron chi connectivity index (χ3n) is 2.69. The smallest absolute Gasteiger partial charge is 0.238 e. The Balaban J connectivity index is 2.25. The topological polar surface area (TPSA) is 99.3 Å². The van der Waals surface area contributed by atoms with E-state index in [1.54, 1.807) is 6.92 Å². The van der Waals surface area contributed by atoms with E-state index in [1.165, 1.54) is 0 Å². The number of carbonyl (C=O) groups excluding carboxylic acids is 1. The average Bonchev–Trinajstić information content (AvgIpc) is 2.29. The molecular weight excluding hydrogens is 256 g/mol. The number of sulfonamides is 1. The second kappa shape index (κ2) is 7.03. The van der Waals surface area contributed by atoms with Gasteiger partial charge in [-0.15, -0.1) is 0 Å². The number of amides is 1. The second-order valence-corrected chi connectivity index (χ2v) is 6.30. The Hall–Kier alpha value is -0.700. The molecule has 7 nitrogen and oxygen atoms in total. The second-order valence-electron chi connectivity index (χ2n) is 4.38. The highest BCUT2D eigenvalue weighted by Crippen LogP contribution is 1.93. The lowest BCUT2D eigenvalue weighted by atomic mass is 10.1. The van der Waals surface area contributed by atoms with Crippen molar-refractivity contribution in [2.75, 3.05) is 31.9 Å². The highest BCUT2D eigenvalue weighted by atomic mass is 32.2. The van der Waals surface area contributed by atoms with E-state index in [0.29, 0.717) is 19.1 Å². The first kappa shape index (κ1) is 15.4. The van der Waals surface area contributed by atoms with Gasteiger partial charge in [-0.05, 0) is 6.92 Å². The maximum atomic E-state index is 11.7. The van der Waals surface area contributed by atoms with Crippen LogP contribution in [0, 0.1) is 0 Å². The van der Waals surface area contributed by atoms with Crippen molar-refractivity contribution in [1.29, 1.82) is 0 Å². The number of rotatable bonds is 6. The predicted octanol–water partition coefficient (Wildman–Crippen LogP) is -2.01. The molecule has 0 aromatic carbocycles. The molecule has 8 heteroatoms. The minimum atomic E-state index is -3.27. The Kier molecular flexibility index (Phi) is 6.00. The maximum absolute atomic E-state index is 11.7. The van der Waals surface area contributed by atoms with Gasteiger partial charge in [0.05, 0.1) is 11.8 Å². The van der Waals surface area contributed by atoms with Gasteiger partial charge in [0.1, 0.15) is 0 Å². The largest absolute Gasteiger partial charge is 0.354 e. The van der Waals surface area contributed by atoms with Gasteiger partial charge < -0.3 is 16.0 Å². The first-order chi connectivity index (χ1) is 8.44. The van der Waals surface area contributed by atoms with Gasteiger partial charge in [0, 0.05) is 32.2 Å². The Morgan fingerprint density at radius 1 is 1.33 bits per heavy atom. The van der Waals surface area contributed by atoms with Crippen LogP contribution in [0.15, 0.2) is 0 Å². The molecule has 4 N–H and O–H groups in total. The third kappa shape index (κ3) is 5.30. The summed E-state index contributed by atoms with van der Waals surface area (Å²) in [5.41, 5.74) is 0. The fourth-order valence-electron chi connectivity index (χ4n) is 1.69. The molecule has 2 unspecified atom stereocenters. The minimum absolute atomic E-state index is 0.0941. The van der Waals surface area contributed by atoms with Crippen molar-refractivity contribution in [3.8, 4) is 0 Å². The molecule has 0 saturated carbocycles. The first-order valence-electron chi connectivity index (χ1n) is 6.16. The Morgan fingerprint density at radius 2 is 2.06 bits per heavy atom. The van der Waals surface area contributed by atoms with E-state index in [2.05, 4.69) is 20.7 Å². The van der Waals surface area contributed by atoms with Gasteiger partial charge in [-0.1, -0.05) is 6.92 Å². The molecule has 0 bridgehead atoms.